The maximum absolute atomic E-state index is 13.1. The van der Waals surface area contributed by atoms with Crippen molar-refractivity contribution in [2.24, 2.45) is 0 Å². The number of carbonyl (C=O) groups excluding carboxylic acids is 1. The number of allylic oxidation sites excluding steroid dienone is 1. The van der Waals surface area contributed by atoms with E-state index in [9.17, 15) is 4.79 Å². The summed E-state index contributed by atoms with van der Waals surface area (Å²) in [6.07, 6.45) is 3.70. The van der Waals surface area contributed by atoms with E-state index in [1.807, 2.05) is 30.3 Å². The molecular weight excluding hydrogens is 444 g/mol. The van der Waals surface area contributed by atoms with Crippen LogP contribution in [0.5, 0.6) is 0 Å². The van der Waals surface area contributed by atoms with Crippen LogP contribution in [0.1, 0.15) is 27.0 Å². The van der Waals surface area contributed by atoms with E-state index in [-0.39, 0.29) is 5.78 Å². The largest absolute Gasteiger partial charge is 0.384 e. The van der Waals surface area contributed by atoms with Crippen molar-refractivity contribution in [2.75, 3.05) is 63.6 Å². The van der Waals surface area contributed by atoms with Gasteiger partial charge < -0.3 is 20.4 Å². The van der Waals surface area contributed by atoms with Gasteiger partial charge in [0.2, 0.25) is 0 Å². The number of ketones is 1. The van der Waals surface area contributed by atoms with E-state index in [2.05, 4.69) is 84.8 Å². The maximum atomic E-state index is 13.1. The fraction of sp³-hybridized carbons (Fsp3) is 0.323. The predicted octanol–water partition coefficient (Wildman–Crippen LogP) is 5.25. The van der Waals surface area contributed by atoms with Gasteiger partial charge in [-0.05, 0) is 81.1 Å². The molecule has 3 aromatic rings. The number of likely N-dealkylation sites (N-methyl/N-ethyl adjacent to an activating group) is 1. The van der Waals surface area contributed by atoms with Crippen LogP contribution >= 0.6 is 0 Å². The number of hydrogen-bond donors (Lipinski definition) is 2. The summed E-state index contributed by atoms with van der Waals surface area (Å²) in [5, 5.41) is 6.83. The van der Waals surface area contributed by atoms with Gasteiger partial charge in [0.1, 0.15) is 0 Å². The van der Waals surface area contributed by atoms with Crippen molar-refractivity contribution in [3.63, 3.8) is 0 Å². The SMILES string of the molecule is Cc1cc(C)cc(-c2ccc(N3CCNCC3)c(/C=C/C(=O)c3cccc(NCCN(C)C)c3)c2)c1. The number of carbonyl (C=O) groups is 1. The quantitative estimate of drug-likeness (QED) is 0.322. The van der Waals surface area contributed by atoms with E-state index in [0.717, 1.165) is 50.5 Å². The van der Waals surface area contributed by atoms with E-state index in [1.54, 1.807) is 6.08 Å². The average Bonchev–Trinajstić information content (AvgIpc) is 2.87. The third-order valence-corrected chi connectivity index (χ3v) is 6.49. The number of nitrogens with zero attached hydrogens (tertiary/aromatic N) is 2. The van der Waals surface area contributed by atoms with Gasteiger partial charge in [0, 0.05) is 56.2 Å². The van der Waals surface area contributed by atoms with Crippen LogP contribution in [-0.2, 0) is 0 Å². The molecule has 0 atom stereocenters. The zero-order valence-electron chi connectivity index (χ0n) is 22.0. The highest BCUT2D eigenvalue weighted by Crippen LogP contribution is 2.30. The topological polar surface area (TPSA) is 47.6 Å². The van der Waals surface area contributed by atoms with Gasteiger partial charge in [-0.15, -0.1) is 0 Å². The van der Waals surface area contributed by atoms with Crippen LogP contribution in [0.25, 0.3) is 17.2 Å². The summed E-state index contributed by atoms with van der Waals surface area (Å²) >= 11 is 0. The standard InChI is InChI=1S/C31H38N4O/c1-23-18-24(2)20-28(19-23)25-8-10-30(35-16-12-32-13-17-35)26(21-25)9-11-31(36)27-6-5-7-29(22-27)33-14-15-34(3)4/h5-11,18-22,32-33H,12-17H2,1-4H3/b11-9+. The minimum absolute atomic E-state index is 0.00863. The molecular formula is C31H38N4O. The maximum Gasteiger partial charge on any atom is 0.185 e. The Balaban J connectivity index is 1.61. The Hall–Kier alpha value is -3.41. The first-order valence-electron chi connectivity index (χ1n) is 12.8. The molecule has 1 fully saturated rings. The molecule has 4 rings (SSSR count). The summed E-state index contributed by atoms with van der Waals surface area (Å²) in [6, 6.07) is 21.0. The molecule has 0 radical (unpaired) electrons. The smallest absolute Gasteiger partial charge is 0.185 e. The van der Waals surface area contributed by atoms with Crippen LogP contribution in [0.2, 0.25) is 0 Å². The lowest BCUT2D eigenvalue weighted by atomic mass is 9.97. The number of hydrogen-bond acceptors (Lipinski definition) is 5. The van der Waals surface area contributed by atoms with Gasteiger partial charge in [0.05, 0.1) is 0 Å². The first kappa shape index (κ1) is 25.7. The van der Waals surface area contributed by atoms with Crippen molar-refractivity contribution >= 4 is 23.2 Å². The Bertz CT molecular complexity index is 1200. The van der Waals surface area contributed by atoms with Crippen molar-refractivity contribution in [3.8, 4) is 11.1 Å². The third-order valence-electron chi connectivity index (χ3n) is 6.49. The highest BCUT2D eigenvalue weighted by atomic mass is 16.1. The normalized spacial score (nSPS) is 14.0. The second kappa shape index (κ2) is 12.0. The Morgan fingerprint density at radius 3 is 2.44 bits per heavy atom. The molecule has 0 aliphatic carbocycles. The molecule has 1 aliphatic rings. The molecule has 36 heavy (non-hydrogen) atoms. The number of piperazine rings is 1. The first-order chi connectivity index (χ1) is 17.4. The van der Waals surface area contributed by atoms with Crippen molar-refractivity contribution in [2.45, 2.75) is 13.8 Å². The second-order valence-electron chi connectivity index (χ2n) is 9.90. The van der Waals surface area contributed by atoms with Crippen molar-refractivity contribution in [3.05, 3.63) is 89.0 Å². The van der Waals surface area contributed by atoms with E-state index in [4.69, 9.17) is 0 Å². The van der Waals surface area contributed by atoms with Crippen molar-refractivity contribution in [1.29, 1.82) is 0 Å². The number of aryl methyl sites for hydroxylation is 2. The van der Waals surface area contributed by atoms with Crippen LogP contribution in [0, 0.1) is 13.8 Å². The molecule has 0 spiro atoms. The monoisotopic (exact) mass is 482 g/mol. The molecule has 2 N–H and O–H groups in total. The minimum atomic E-state index is 0.00863. The molecule has 188 valence electrons. The minimum Gasteiger partial charge on any atom is -0.384 e. The lowest BCUT2D eigenvalue weighted by molar-refractivity contribution is 0.104. The highest BCUT2D eigenvalue weighted by molar-refractivity contribution is 6.07. The van der Waals surface area contributed by atoms with Gasteiger partial charge >= 0.3 is 0 Å². The fourth-order valence-electron chi connectivity index (χ4n) is 4.67. The van der Waals surface area contributed by atoms with E-state index < -0.39 is 0 Å². The number of anilines is 2. The first-order valence-corrected chi connectivity index (χ1v) is 12.8. The molecule has 1 aliphatic heterocycles. The average molecular weight is 483 g/mol. The zero-order chi connectivity index (χ0) is 25.5. The summed E-state index contributed by atoms with van der Waals surface area (Å²) < 4.78 is 0. The second-order valence-corrected chi connectivity index (χ2v) is 9.90. The van der Waals surface area contributed by atoms with Crippen LogP contribution in [0.4, 0.5) is 11.4 Å². The lowest BCUT2D eigenvalue weighted by Crippen LogP contribution is -2.43. The molecule has 1 saturated heterocycles. The number of benzene rings is 3. The summed E-state index contributed by atoms with van der Waals surface area (Å²) in [6.45, 7) is 9.88. The van der Waals surface area contributed by atoms with Crippen LogP contribution in [0.15, 0.2) is 66.7 Å². The lowest BCUT2D eigenvalue weighted by Gasteiger charge is -2.31. The van der Waals surface area contributed by atoms with Gasteiger partial charge in [0.25, 0.3) is 0 Å². The van der Waals surface area contributed by atoms with Gasteiger partial charge in [0.15, 0.2) is 5.78 Å². The number of rotatable bonds is 9. The Morgan fingerprint density at radius 2 is 1.72 bits per heavy atom. The predicted molar refractivity (Wildman–Crippen MR) is 153 cm³/mol. The van der Waals surface area contributed by atoms with Crippen molar-refractivity contribution < 1.29 is 4.79 Å². The summed E-state index contributed by atoms with van der Waals surface area (Å²) in [4.78, 5) is 17.7. The van der Waals surface area contributed by atoms with Gasteiger partial charge in [-0.25, -0.2) is 0 Å². The molecule has 5 heteroatoms. The summed E-state index contributed by atoms with van der Waals surface area (Å²) in [7, 11) is 4.10. The molecule has 5 nitrogen and oxygen atoms in total. The van der Waals surface area contributed by atoms with Gasteiger partial charge in [-0.3, -0.25) is 4.79 Å². The molecule has 0 bridgehead atoms. The zero-order valence-corrected chi connectivity index (χ0v) is 22.0. The van der Waals surface area contributed by atoms with Crippen LogP contribution in [-0.4, -0.2) is 64.0 Å². The van der Waals surface area contributed by atoms with Gasteiger partial charge in [-0.1, -0.05) is 47.5 Å². The summed E-state index contributed by atoms with van der Waals surface area (Å²) in [5.41, 5.74) is 8.78. The summed E-state index contributed by atoms with van der Waals surface area (Å²) in [5.74, 6) is 0.00863. The van der Waals surface area contributed by atoms with Gasteiger partial charge in [-0.2, -0.15) is 0 Å². The Labute approximate surface area is 215 Å². The molecule has 0 saturated carbocycles. The van der Waals surface area contributed by atoms with Crippen LogP contribution < -0.4 is 15.5 Å². The highest BCUT2D eigenvalue weighted by Gasteiger charge is 2.15. The molecule has 0 amide bonds. The Morgan fingerprint density at radius 1 is 0.972 bits per heavy atom. The fourth-order valence-corrected chi connectivity index (χ4v) is 4.67. The van der Waals surface area contributed by atoms with E-state index in [1.165, 1.54) is 27.9 Å². The molecule has 0 unspecified atom stereocenters. The van der Waals surface area contributed by atoms with Crippen molar-refractivity contribution in [1.82, 2.24) is 10.2 Å². The number of nitrogens with one attached hydrogen (secondary N) is 2. The molecule has 0 aromatic heterocycles. The molecule has 3 aromatic carbocycles. The Kier molecular flexibility index (Phi) is 8.57. The molecule has 1 heterocycles. The third kappa shape index (κ3) is 6.84. The van der Waals surface area contributed by atoms with Crippen LogP contribution in [0.3, 0.4) is 0 Å². The van der Waals surface area contributed by atoms with E-state index >= 15 is 0 Å². The van der Waals surface area contributed by atoms with E-state index in [0.29, 0.717) is 5.56 Å².